The van der Waals surface area contributed by atoms with Gasteiger partial charge in [0.05, 0.1) is 13.5 Å². The van der Waals surface area contributed by atoms with Gasteiger partial charge in [-0.15, -0.1) is 0 Å². The van der Waals surface area contributed by atoms with Crippen molar-refractivity contribution in [2.75, 3.05) is 19.0 Å². The van der Waals surface area contributed by atoms with Gasteiger partial charge >= 0.3 is 5.97 Å². The zero-order valence-corrected chi connectivity index (χ0v) is 14.5. The van der Waals surface area contributed by atoms with Crippen molar-refractivity contribution >= 4 is 23.5 Å². The molecule has 1 aromatic rings. The van der Waals surface area contributed by atoms with Crippen molar-refractivity contribution in [2.24, 2.45) is 0 Å². The van der Waals surface area contributed by atoms with Crippen LogP contribution in [-0.2, 0) is 32.0 Å². The maximum absolute atomic E-state index is 12.5. The summed E-state index contributed by atoms with van der Waals surface area (Å²) >= 11 is 0. The lowest BCUT2D eigenvalue weighted by Crippen LogP contribution is -2.48. The molecule has 0 spiro atoms. The molecule has 0 saturated carbocycles. The molecule has 2 aliphatic rings. The summed E-state index contributed by atoms with van der Waals surface area (Å²) in [6.07, 6.45) is 4.92. The first-order chi connectivity index (χ1) is 12.1. The smallest absolute Gasteiger partial charge is 0.328 e. The Labute approximate surface area is 147 Å². The molecule has 1 aromatic carbocycles. The standard InChI is InChI=1S/C19H24N2O4/c1-25-19(24)16-6-2-3-10-21(16)18(23)7-4-5-13-8-9-15-14(11-13)12-17(22)20-15/h8-9,11,16H,2-7,10,12H2,1H3,(H,20,22). The molecule has 2 amide bonds. The predicted octanol–water partition coefficient (Wildman–Crippen LogP) is 2.06. The molecule has 134 valence electrons. The van der Waals surface area contributed by atoms with E-state index in [0.717, 1.165) is 42.5 Å². The summed E-state index contributed by atoms with van der Waals surface area (Å²) in [5.74, 6) is -0.266. The molecule has 6 nitrogen and oxygen atoms in total. The molecule has 6 heteroatoms. The summed E-state index contributed by atoms with van der Waals surface area (Å²) in [5.41, 5.74) is 3.04. The normalized spacial score (nSPS) is 19.3. The summed E-state index contributed by atoms with van der Waals surface area (Å²) in [4.78, 5) is 37.5. The first-order valence-corrected chi connectivity index (χ1v) is 8.87. The Morgan fingerprint density at radius 1 is 1.32 bits per heavy atom. The topological polar surface area (TPSA) is 75.7 Å². The zero-order chi connectivity index (χ0) is 17.8. The number of rotatable bonds is 5. The number of esters is 1. The van der Waals surface area contributed by atoms with E-state index in [-0.39, 0.29) is 17.8 Å². The van der Waals surface area contributed by atoms with Gasteiger partial charge in [-0.2, -0.15) is 0 Å². The third kappa shape index (κ3) is 4.00. The van der Waals surface area contributed by atoms with Crippen LogP contribution in [-0.4, -0.2) is 42.4 Å². The number of anilines is 1. The molecule has 0 radical (unpaired) electrons. The lowest BCUT2D eigenvalue weighted by atomic mass is 10.00. The highest BCUT2D eigenvalue weighted by Gasteiger charge is 2.32. The summed E-state index contributed by atoms with van der Waals surface area (Å²) in [5, 5.41) is 2.82. The van der Waals surface area contributed by atoms with Gasteiger partial charge in [0.2, 0.25) is 11.8 Å². The van der Waals surface area contributed by atoms with E-state index >= 15 is 0 Å². The average molecular weight is 344 g/mol. The number of benzene rings is 1. The van der Waals surface area contributed by atoms with Gasteiger partial charge in [-0.05, 0) is 49.3 Å². The van der Waals surface area contributed by atoms with Crippen molar-refractivity contribution in [1.82, 2.24) is 4.90 Å². The number of carbonyl (C=O) groups is 3. The predicted molar refractivity (Wildman–Crippen MR) is 93.1 cm³/mol. The fourth-order valence-corrected chi connectivity index (χ4v) is 3.64. The van der Waals surface area contributed by atoms with Crippen LogP contribution in [0, 0.1) is 0 Å². The maximum Gasteiger partial charge on any atom is 0.328 e. The number of likely N-dealkylation sites (tertiary alicyclic amines) is 1. The molecule has 25 heavy (non-hydrogen) atoms. The Morgan fingerprint density at radius 2 is 2.16 bits per heavy atom. The Morgan fingerprint density at radius 3 is 2.96 bits per heavy atom. The van der Waals surface area contributed by atoms with E-state index in [2.05, 4.69) is 5.32 Å². The molecule has 0 aromatic heterocycles. The van der Waals surface area contributed by atoms with Crippen LogP contribution >= 0.6 is 0 Å². The van der Waals surface area contributed by atoms with Crippen LogP contribution < -0.4 is 5.32 Å². The van der Waals surface area contributed by atoms with Crippen LogP contribution in [0.15, 0.2) is 18.2 Å². The van der Waals surface area contributed by atoms with Gasteiger partial charge < -0.3 is 15.0 Å². The maximum atomic E-state index is 12.5. The number of carbonyl (C=O) groups excluding carboxylic acids is 3. The summed E-state index contributed by atoms with van der Waals surface area (Å²) < 4.78 is 4.83. The van der Waals surface area contributed by atoms with E-state index in [1.165, 1.54) is 7.11 Å². The molecule has 0 aliphatic carbocycles. The Bertz CT molecular complexity index is 686. The minimum atomic E-state index is -0.427. The van der Waals surface area contributed by atoms with Gasteiger partial charge in [0, 0.05) is 18.7 Å². The molecule has 0 bridgehead atoms. The fourth-order valence-electron chi connectivity index (χ4n) is 3.64. The highest BCUT2D eigenvalue weighted by atomic mass is 16.5. The van der Waals surface area contributed by atoms with Crippen LogP contribution in [0.4, 0.5) is 5.69 Å². The van der Waals surface area contributed by atoms with E-state index in [1.54, 1.807) is 4.90 Å². The first-order valence-electron chi connectivity index (χ1n) is 8.87. The minimum Gasteiger partial charge on any atom is -0.467 e. The number of methoxy groups -OCH3 is 1. The van der Waals surface area contributed by atoms with Crippen molar-refractivity contribution in [3.05, 3.63) is 29.3 Å². The van der Waals surface area contributed by atoms with Crippen LogP contribution in [0.1, 0.15) is 43.2 Å². The highest BCUT2D eigenvalue weighted by molar-refractivity contribution is 5.99. The molecule has 1 N–H and O–H groups in total. The number of fused-ring (bicyclic) bond motifs is 1. The summed E-state index contributed by atoms with van der Waals surface area (Å²) in [6, 6.07) is 5.53. The number of piperidine rings is 1. The number of nitrogens with one attached hydrogen (secondary N) is 1. The number of hydrogen-bond donors (Lipinski definition) is 1. The van der Waals surface area contributed by atoms with Crippen molar-refractivity contribution in [3.8, 4) is 0 Å². The molecular weight excluding hydrogens is 320 g/mol. The second-order valence-corrected chi connectivity index (χ2v) is 6.69. The lowest BCUT2D eigenvalue weighted by Gasteiger charge is -2.33. The van der Waals surface area contributed by atoms with Crippen molar-refractivity contribution < 1.29 is 19.1 Å². The second-order valence-electron chi connectivity index (χ2n) is 6.69. The van der Waals surface area contributed by atoms with Gasteiger partial charge in [-0.1, -0.05) is 12.1 Å². The fraction of sp³-hybridized carbons (Fsp3) is 0.526. The van der Waals surface area contributed by atoms with Crippen molar-refractivity contribution in [1.29, 1.82) is 0 Å². The van der Waals surface area contributed by atoms with E-state index in [9.17, 15) is 14.4 Å². The number of ether oxygens (including phenoxy) is 1. The summed E-state index contributed by atoms with van der Waals surface area (Å²) in [6.45, 7) is 0.630. The van der Waals surface area contributed by atoms with E-state index in [4.69, 9.17) is 4.74 Å². The highest BCUT2D eigenvalue weighted by Crippen LogP contribution is 2.25. The Hall–Kier alpha value is -2.37. The van der Waals surface area contributed by atoms with Crippen LogP contribution in [0.3, 0.4) is 0 Å². The Kier molecular flexibility index (Phi) is 5.36. The number of hydrogen-bond acceptors (Lipinski definition) is 4. The summed E-state index contributed by atoms with van der Waals surface area (Å²) in [7, 11) is 1.37. The molecule has 1 unspecified atom stereocenters. The largest absolute Gasteiger partial charge is 0.467 e. The quantitative estimate of drug-likeness (QED) is 0.830. The molecule has 2 aliphatic heterocycles. The third-order valence-corrected chi connectivity index (χ3v) is 4.95. The SMILES string of the molecule is COC(=O)C1CCCCN1C(=O)CCCc1ccc2c(c1)CC(=O)N2. The van der Waals surface area contributed by atoms with E-state index < -0.39 is 6.04 Å². The first kappa shape index (κ1) is 17.5. The van der Waals surface area contributed by atoms with Crippen molar-refractivity contribution in [2.45, 2.75) is 51.0 Å². The van der Waals surface area contributed by atoms with E-state index in [0.29, 0.717) is 25.8 Å². The number of nitrogens with zero attached hydrogens (tertiary/aromatic N) is 1. The molecule has 1 saturated heterocycles. The second kappa shape index (κ2) is 7.68. The minimum absolute atomic E-state index is 0.0214. The molecule has 1 fully saturated rings. The third-order valence-electron chi connectivity index (χ3n) is 4.95. The van der Waals surface area contributed by atoms with Crippen molar-refractivity contribution in [3.63, 3.8) is 0 Å². The molecule has 3 rings (SSSR count). The van der Waals surface area contributed by atoms with Gasteiger partial charge in [0.15, 0.2) is 0 Å². The monoisotopic (exact) mass is 344 g/mol. The molecular formula is C19H24N2O4. The molecule has 2 heterocycles. The number of amides is 2. The average Bonchev–Trinajstić information content (AvgIpc) is 3.00. The van der Waals surface area contributed by atoms with Gasteiger partial charge in [0.25, 0.3) is 0 Å². The zero-order valence-electron chi connectivity index (χ0n) is 14.5. The van der Waals surface area contributed by atoms with E-state index in [1.807, 2.05) is 18.2 Å². The van der Waals surface area contributed by atoms with Gasteiger partial charge in [0.1, 0.15) is 6.04 Å². The lowest BCUT2D eigenvalue weighted by molar-refractivity contribution is -0.154. The number of aryl methyl sites for hydroxylation is 1. The van der Waals surface area contributed by atoms with Gasteiger partial charge in [-0.3, -0.25) is 9.59 Å². The Balaban J connectivity index is 1.53. The molecule has 1 atom stereocenters. The van der Waals surface area contributed by atoms with Crippen LogP contribution in [0.25, 0.3) is 0 Å². The van der Waals surface area contributed by atoms with Crippen LogP contribution in [0.2, 0.25) is 0 Å². The van der Waals surface area contributed by atoms with Crippen LogP contribution in [0.5, 0.6) is 0 Å². The van der Waals surface area contributed by atoms with Gasteiger partial charge in [-0.25, -0.2) is 4.79 Å².